The zero-order valence-corrected chi connectivity index (χ0v) is 20.0. The molecule has 0 saturated carbocycles. The summed E-state index contributed by atoms with van der Waals surface area (Å²) in [5.41, 5.74) is 0.323. The van der Waals surface area contributed by atoms with Gasteiger partial charge in [0.05, 0.1) is 11.1 Å². The van der Waals surface area contributed by atoms with E-state index in [1.54, 1.807) is 24.3 Å². The number of nitrogens with zero attached hydrogens (tertiary/aromatic N) is 1. The predicted molar refractivity (Wildman–Crippen MR) is 89.2 cm³/mol. The zero-order valence-electron chi connectivity index (χ0n) is 13.8. The molecule has 1 heterocycles. The van der Waals surface area contributed by atoms with E-state index in [1.165, 1.54) is 30.3 Å². The van der Waals surface area contributed by atoms with Crippen molar-refractivity contribution in [2.24, 2.45) is 0 Å². The SMILES string of the molecule is O=C1c2cccc3cccc(c23)C(=O)N1OS(=O)(=O)Oc1c[c-]c[c-]c1.[Re].[Re]. The maximum Gasteiger partial charge on any atom is 0.449 e. The van der Waals surface area contributed by atoms with Gasteiger partial charge in [-0.15, -0.1) is 9.35 Å². The van der Waals surface area contributed by atoms with Crippen LogP contribution in [0.5, 0.6) is 5.75 Å². The average Bonchev–Trinajstić information content (AvgIpc) is 2.63. The molecule has 7 nitrogen and oxygen atoms in total. The maximum atomic E-state index is 12.6. The molecular formula is C18H9NO6Re2S-2. The van der Waals surface area contributed by atoms with Gasteiger partial charge in [-0.1, -0.05) is 30.0 Å². The fourth-order valence-corrected chi connectivity index (χ4v) is 3.37. The monoisotopic (exact) mass is 741 g/mol. The third kappa shape index (κ3) is 4.08. The Hall–Kier alpha value is -1.91. The molecule has 2 amide bonds. The van der Waals surface area contributed by atoms with E-state index in [4.69, 9.17) is 4.18 Å². The summed E-state index contributed by atoms with van der Waals surface area (Å²) in [5.74, 6) is -1.90. The molecule has 3 aromatic rings. The van der Waals surface area contributed by atoms with E-state index in [1.807, 2.05) is 0 Å². The van der Waals surface area contributed by atoms with Crippen molar-refractivity contribution >= 4 is 33.0 Å². The van der Waals surface area contributed by atoms with Crippen LogP contribution in [-0.4, -0.2) is 25.3 Å². The first-order chi connectivity index (χ1) is 12.5. The summed E-state index contributed by atoms with van der Waals surface area (Å²) in [6.07, 6.45) is 0. The Bertz CT molecular complexity index is 1100. The summed E-state index contributed by atoms with van der Waals surface area (Å²) in [6, 6.07) is 18.8. The molecule has 3 aromatic carbocycles. The van der Waals surface area contributed by atoms with Gasteiger partial charge in [0.2, 0.25) is 0 Å². The molecule has 10 heteroatoms. The first-order valence-corrected chi connectivity index (χ1v) is 8.71. The van der Waals surface area contributed by atoms with E-state index in [0.717, 1.165) is 0 Å². The van der Waals surface area contributed by atoms with E-state index < -0.39 is 22.2 Å². The van der Waals surface area contributed by atoms with Gasteiger partial charge in [-0.3, -0.25) is 21.7 Å². The van der Waals surface area contributed by atoms with Gasteiger partial charge in [-0.05, 0) is 17.5 Å². The molecule has 0 N–H and O–H groups in total. The normalized spacial score (nSPS) is 12.9. The van der Waals surface area contributed by atoms with Crippen LogP contribution in [0.15, 0.2) is 54.6 Å². The van der Waals surface area contributed by atoms with Crippen LogP contribution in [0.4, 0.5) is 0 Å². The van der Waals surface area contributed by atoms with Gasteiger partial charge < -0.3 is 22.4 Å². The van der Waals surface area contributed by atoms with Gasteiger partial charge in [-0.2, -0.15) is 8.42 Å². The van der Waals surface area contributed by atoms with E-state index in [2.05, 4.69) is 16.4 Å². The summed E-state index contributed by atoms with van der Waals surface area (Å²) in [6.45, 7) is 0. The molecule has 0 atom stereocenters. The van der Waals surface area contributed by atoms with Crippen molar-refractivity contribution in [2.45, 2.75) is 0 Å². The molecule has 144 valence electrons. The molecule has 28 heavy (non-hydrogen) atoms. The Morgan fingerprint density at radius 3 is 1.93 bits per heavy atom. The Morgan fingerprint density at radius 1 is 0.857 bits per heavy atom. The van der Waals surface area contributed by atoms with Crippen LogP contribution in [0.2, 0.25) is 0 Å². The van der Waals surface area contributed by atoms with Gasteiger partial charge in [0, 0.05) is 46.2 Å². The third-order valence-corrected chi connectivity index (χ3v) is 4.44. The van der Waals surface area contributed by atoms with Crippen molar-refractivity contribution in [1.29, 1.82) is 0 Å². The van der Waals surface area contributed by atoms with Gasteiger partial charge in [0.1, 0.15) is 0 Å². The molecule has 0 unspecified atom stereocenters. The molecule has 2 radical (unpaired) electrons. The van der Waals surface area contributed by atoms with Crippen molar-refractivity contribution in [3.05, 3.63) is 77.9 Å². The second-order valence-corrected chi connectivity index (χ2v) is 6.48. The summed E-state index contributed by atoms with van der Waals surface area (Å²) in [5, 5.41) is 1.33. The molecule has 1 aliphatic rings. The minimum atomic E-state index is -4.73. The van der Waals surface area contributed by atoms with Crippen LogP contribution in [0.25, 0.3) is 10.8 Å². The van der Waals surface area contributed by atoms with E-state index in [-0.39, 0.29) is 62.8 Å². The summed E-state index contributed by atoms with van der Waals surface area (Å²) in [4.78, 5) is 25.2. The standard InChI is InChI=1S/C18H9NO6S.2Re/c20-17-14-10-4-6-12-7-5-11-15(16(12)14)18(21)19(17)25-26(22,23)24-13-8-2-1-3-9-13;;/h1,4-11H;;/q-2;;. The maximum absolute atomic E-state index is 12.6. The number of carbonyl (C=O) groups is 2. The topological polar surface area (TPSA) is 90.0 Å². The number of hydroxylamine groups is 2. The van der Waals surface area contributed by atoms with Crippen LogP contribution >= 0.6 is 0 Å². The quantitative estimate of drug-likeness (QED) is 0.302. The number of rotatable bonds is 4. The minimum Gasteiger partial charge on any atom is -0.486 e. The number of benzene rings is 3. The Labute approximate surface area is 188 Å². The van der Waals surface area contributed by atoms with Crippen molar-refractivity contribution in [1.82, 2.24) is 5.06 Å². The van der Waals surface area contributed by atoms with E-state index in [9.17, 15) is 18.0 Å². The molecular weight excluding hydrogens is 731 g/mol. The molecule has 0 aromatic heterocycles. The fourth-order valence-electron chi connectivity index (χ4n) is 2.69. The van der Waals surface area contributed by atoms with Gasteiger partial charge in [0.15, 0.2) is 0 Å². The van der Waals surface area contributed by atoms with Crippen molar-refractivity contribution < 1.29 is 67.3 Å². The molecule has 4 rings (SSSR count). The summed E-state index contributed by atoms with van der Waals surface area (Å²) in [7, 11) is -4.73. The molecule has 0 saturated heterocycles. The fraction of sp³-hybridized carbons (Fsp3) is 0. The Kier molecular flexibility index (Phi) is 6.90. The number of hydrogen-bond donors (Lipinski definition) is 0. The number of carbonyl (C=O) groups excluding carboxylic acids is 2. The van der Waals surface area contributed by atoms with Crippen molar-refractivity contribution in [2.75, 3.05) is 0 Å². The van der Waals surface area contributed by atoms with E-state index >= 15 is 0 Å². The minimum absolute atomic E-state index is 0. The van der Waals surface area contributed by atoms with Crippen LogP contribution < -0.4 is 4.18 Å². The smallest absolute Gasteiger partial charge is 0.449 e. The molecule has 0 aliphatic carbocycles. The molecule has 0 bridgehead atoms. The first-order valence-electron chi connectivity index (χ1n) is 7.38. The second-order valence-electron chi connectivity index (χ2n) is 5.35. The Morgan fingerprint density at radius 2 is 1.39 bits per heavy atom. The second kappa shape index (κ2) is 8.63. The Balaban J connectivity index is 0.00000140. The first kappa shape index (κ1) is 22.4. The number of amides is 2. The molecule has 0 fully saturated rings. The molecule has 0 spiro atoms. The van der Waals surface area contributed by atoms with Crippen LogP contribution in [0.1, 0.15) is 20.7 Å². The van der Waals surface area contributed by atoms with E-state index in [0.29, 0.717) is 10.8 Å². The van der Waals surface area contributed by atoms with Crippen LogP contribution in [0.3, 0.4) is 0 Å². The summed E-state index contributed by atoms with van der Waals surface area (Å²) >= 11 is 0. The predicted octanol–water partition coefficient (Wildman–Crippen LogP) is 2.29. The van der Waals surface area contributed by atoms with Crippen molar-refractivity contribution in [3.63, 3.8) is 0 Å². The van der Waals surface area contributed by atoms with Gasteiger partial charge >= 0.3 is 10.4 Å². The molecule has 1 aliphatic heterocycles. The number of hydrogen-bond acceptors (Lipinski definition) is 6. The van der Waals surface area contributed by atoms with Gasteiger partial charge in [-0.25, -0.2) is 0 Å². The van der Waals surface area contributed by atoms with Crippen LogP contribution in [0, 0.1) is 12.1 Å². The summed E-state index contributed by atoms with van der Waals surface area (Å²) < 4.78 is 33.5. The zero-order chi connectivity index (χ0) is 18.3. The largest absolute Gasteiger partial charge is 0.486 e. The van der Waals surface area contributed by atoms with Gasteiger partial charge in [0.25, 0.3) is 11.8 Å². The third-order valence-electron chi connectivity index (χ3n) is 3.72. The van der Waals surface area contributed by atoms with Crippen LogP contribution in [-0.2, 0) is 55.5 Å². The number of imide groups is 1. The average molecular weight is 740 g/mol. The van der Waals surface area contributed by atoms with Crippen molar-refractivity contribution in [3.8, 4) is 5.75 Å².